The van der Waals surface area contributed by atoms with Crippen LogP contribution in [0.5, 0.6) is 5.75 Å². The Hall–Kier alpha value is -1.91. The highest BCUT2D eigenvalue weighted by Gasteiger charge is 2.07. The van der Waals surface area contributed by atoms with Crippen molar-refractivity contribution >= 4 is 0 Å². The molecule has 0 saturated heterocycles. The smallest absolute Gasteiger partial charge is 0.130 e. The van der Waals surface area contributed by atoms with Gasteiger partial charge in [-0.15, -0.1) is 0 Å². The maximum atomic E-state index is 5.97. The highest BCUT2D eigenvalue weighted by molar-refractivity contribution is 5.43. The van der Waals surface area contributed by atoms with Crippen molar-refractivity contribution < 1.29 is 9.47 Å². The maximum absolute atomic E-state index is 5.97. The number of hydrogen-bond donors (Lipinski definition) is 1. The number of rotatable bonds is 9. The zero-order chi connectivity index (χ0) is 16.5. The average Bonchev–Trinajstić information content (AvgIpc) is 2.55. The minimum Gasteiger partial charge on any atom is -0.487 e. The molecular weight excluding hydrogens is 288 g/mol. The molecule has 1 aromatic carbocycles. The third kappa shape index (κ3) is 5.66. The van der Waals surface area contributed by atoms with Crippen LogP contribution < -0.4 is 10.1 Å². The summed E-state index contributed by atoms with van der Waals surface area (Å²) in [5, 5.41) is 3.44. The summed E-state index contributed by atoms with van der Waals surface area (Å²) in [5.74, 6) is 0.957. The van der Waals surface area contributed by atoms with Gasteiger partial charge in [-0.2, -0.15) is 0 Å². The lowest BCUT2D eigenvalue weighted by atomic mass is 10.1. The van der Waals surface area contributed by atoms with Crippen molar-refractivity contribution in [1.82, 2.24) is 10.3 Å². The average molecular weight is 314 g/mol. The van der Waals surface area contributed by atoms with E-state index in [1.807, 2.05) is 18.2 Å². The summed E-state index contributed by atoms with van der Waals surface area (Å²) in [6, 6.07) is 10.2. The van der Waals surface area contributed by atoms with Gasteiger partial charge in [0.25, 0.3) is 0 Å². The van der Waals surface area contributed by atoms with E-state index in [9.17, 15) is 0 Å². The standard InChI is InChI=1S/C19H26N2O2/c1-15-11-17(13-20-8-6-10-22-3)12-16(2)19(15)23-14-18-7-4-5-9-21-18/h4-5,7,9,11-12,20H,6,8,10,13-14H2,1-3H3. The number of methoxy groups -OCH3 is 1. The Morgan fingerprint density at radius 2 is 1.91 bits per heavy atom. The van der Waals surface area contributed by atoms with E-state index in [0.29, 0.717) is 6.61 Å². The van der Waals surface area contributed by atoms with Gasteiger partial charge in [0, 0.05) is 26.5 Å². The highest BCUT2D eigenvalue weighted by Crippen LogP contribution is 2.25. The molecule has 0 bridgehead atoms. The lowest BCUT2D eigenvalue weighted by Gasteiger charge is -2.14. The molecule has 23 heavy (non-hydrogen) atoms. The van der Waals surface area contributed by atoms with Gasteiger partial charge in [-0.05, 0) is 55.6 Å². The fraction of sp³-hybridized carbons (Fsp3) is 0.421. The monoisotopic (exact) mass is 314 g/mol. The Labute approximate surface area is 138 Å². The molecule has 0 saturated carbocycles. The van der Waals surface area contributed by atoms with E-state index in [1.54, 1.807) is 13.3 Å². The summed E-state index contributed by atoms with van der Waals surface area (Å²) in [7, 11) is 1.73. The fourth-order valence-electron chi connectivity index (χ4n) is 2.57. The van der Waals surface area contributed by atoms with Crippen LogP contribution in [0.15, 0.2) is 36.5 Å². The molecule has 4 nitrogen and oxygen atoms in total. The summed E-state index contributed by atoms with van der Waals surface area (Å²) in [5.41, 5.74) is 4.54. The molecule has 0 aliphatic carbocycles. The number of aryl methyl sites for hydroxylation is 2. The number of benzene rings is 1. The Balaban J connectivity index is 1.91. The fourth-order valence-corrected chi connectivity index (χ4v) is 2.57. The Kier molecular flexibility index (Phi) is 7.04. The molecule has 2 aromatic rings. The molecule has 1 heterocycles. The molecule has 0 amide bonds. The van der Waals surface area contributed by atoms with Crippen LogP contribution >= 0.6 is 0 Å². The van der Waals surface area contributed by atoms with E-state index in [1.165, 1.54) is 5.56 Å². The van der Waals surface area contributed by atoms with Crippen molar-refractivity contribution in [2.24, 2.45) is 0 Å². The molecule has 1 N–H and O–H groups in total. The number of aromatic nitrogens is 1. The van der Waals surface area contributed by atoms with Crippen LogP contribution in [0.25, 0.3) is 0 Å². The predicted molar refractivity (Wildman–Crippen MR) is 92.7 cm³/mol. The topological polar surface area (TPSA) is 43.4 Å². The maximum Gasteiger partial charge on any atom is 0.130 e. The van der Waals surface area contributed by atoms with Gasteiger partial charge in [0.15, 0.2) is 0 Å². The van der Waals surface area contributed by atoms with Crippen molar-refractivity contribution in [2.75, 3.05) is 20.3 Å². The summed E-state index contributed by atoms with van der Waals surface area (Å²) in [6.45, 7) is 7.31. The molecule has 0 radical (unpaired) electrons. The molecule has 0 aliphatic rings. The highest BCUT2D eigenvalue weighted by atomic mass is 16.5. The number of nitrogens with one attached hydrogen (secondary N) is 1. The minimum atomic E-state index is 0.497. The van der Waals surface area contributed by atoms with E-state index in [2.05, 4.69) is 36.3 Å². The van der Waals surface area contributed by atoms with Crippen molar-refractivity contribution in [2.45, 2.75) is 33.4 Å². The first-order valence-electron chi connectivity index (χ1n) is 8.03. The molecule has 0 aliphatic heterocycles. The van der Waals surface area contributed by atoms with Crippen LogP contribution in [0, 0.1) is 13.8 Å². The quantitative estimate of drug-likeness (QED) is 0.720. The zero-order valence-electron chi connectivity index (χ0n) is 14.3. The van der Waals surface area contributed by atoms with Crippen LogP contribution in [0.2, 0.25) is 0 Å². The summed E-state index contributed by atoms with van der Waals surface area (Å²) < 4.78 is 11.0. The molecule has 124 valence electrons. The van der Waals surface area contributed by atoms with Crippen LogP contribution in [0.1, 0.15) is 28.8 Å². The number of ether oxygens (including phenoxy) is 2. The van der Waals surface area contributed by atoms with E-state index < -0.39 is 0 Å². The molecule has 0 spiro atoms. The van der Waals surface area contributed by atoms with Crippen LogP contribution in [-0.2, 0) is 17.9 Å². The molecule has 0 atom stereocenters. The van der Waals surface area contributed by atoms with Crippen LogP contribution in [0.3, 0.4) is 0 Å². The van der Waals surface area contributed by atoms with Gasteiger partial charge in [-0.25, -0.2) is 0 Å². The largest absolute Gasteiger partial charge is 0.487 e. The lowest BCUT2D eigenvalue weighted by Crippen LogP contribution is -2.16. The summed E-state index contributed by atoms with van der Waals surface area (Å²) in [6.07, 6.45) is 2.82. The third-order valence-electron chi connectivity index (χ3n) is 3.64. The Morgan fingerprint density at radius 1 is 1.13 bits per heavy atom. The van der Waals surface area contributed by atoms with E-state index >= 15 is 0 Å². The Bertz CT molecular complexity index is 577. The van der Waals surface area contributed by atoms with Gasteiger partial charge in [-0.3, -0.25) is 4.98 Å². The lowest BCUT2D eigenvalue weighted by molar-refractivity contribution is 0.194. The normalized spacial score (nSPS) is 10.7. The zero-order valence-corrected chi connectivity index (χ0v) is 14.3. The van der Waals surface area contributed by atoms with E-state index in [-0.39, 0.29) is 0 Å². The first-order valence-corrected chi connectivity index (χ1v) is 8.03. The van der Waals surface area contributed by atoms with Crippen LogP contribution in [-0.4, -0.2) is 25.2 Å². The second-order valence-corrected chi connectivity index (χ2v) is 5.69. The first kappa shape index (κ1) is 17.4. The van der Waals surface area contributed by atoms with Gasteiger partial charge < -0.3 is 14.8 Å². The van der Waals surface area contributed by atoms with Crippen molar-refractivity contribution in [3.63, 3.8) is 0 Å². The number of hydrogen-bond acceptors (Lipinski definition) is 4. The van der Waals surface area contributed by atoms with E-state index in [0.717, 1.165) is 48.7 Å². The number of pyridine rings is 1. The minimum absolute atomic E-state index is 0.497. The molecule has 0 unspecified atom stereocenters. The predicted octanol–water partition coefficient (Wildman–Crippen LogP) is 3.40. The third-order valence-corrected chi connectivity index (χ3v) is 3.64. The molecular formula is C19H26N2O2. The first-order chi connectivity index (χ1) is 11.2. The molecule has 2 rings (SSSR count). The van der Waals surface area contributed by atoms with Gasteiger partial charge >= 0.3 is 0 Å². The SMILES string of the molecule is COCCCNCc1cc(C)c(OCc2ccccn2)c(C)c1. The molecule has 1 aromatic heterocycles. The summed E-state index contributed by atoms with van der Waals surface area (Å²) >= 11 is 0. The molecule has 0 fully saturated rings. The van der Waals surface area contributed by atoms with E-state index in [4.69, 9.17) is 9.47 Å². The van der Waals surface area contributed by atoms with Gasteiger partial charge in [-0.1, -0.05) is 18.2 Å². The molecule has 4 heteroatoms. The Morgan fingerprint density at radius 3 is 2.57 bits per heavy atom. The number of nitrogens with zero attached hydrogens (tertiary/aromatic N) is 1. The van der Waals surface area contributed by atoms with Gasteiger partial charge in [0.2, 0.25) is 0 Å². The van der Waals surface area contributed by atoms with Crippen LogP contribution in [0.4, 0.5) is 0 Å². The second-order valence-electron chi connectivity index (χ2n) is 5.69. The van der Waals surface area contributed by atoms with Crippen molar-refractivity contribution in [3.8, 4) is 5.75 Å². The van der Waals surface area contributed by atoms with Gasteiger partial charge in [0.1, 0.15) is 12.4 Å². The second kappa shape index (κ2) is 9.28. The summed E-state index contributed by atoms with van der Waals surface area (Å²) in [4.78, 5) is 4.29. The van der Waals surface area contributed by atoms with Crippen molar-refractivity contribution in [3.05, 3.63) is 58.9 Å². The van der Waals surface area contributed by atoms with Gasteiger partial charge in [0.05, 0.1) is 5.69 Å². The van der Waals surface area contributed by atoms with Crippen molar-refractivity contribution in [1.29, 1.82) is 0 Å².